The van der Waals surface area contributed by atoms with Gasteiger partial charge in [-0.2, -0.15) is 0 Å². The van der Waals surface area contributed by atoms with E-state index >= 15 is 0 Å². The van der Waals surface area contributed by atoms with Crippen LogP contribution < -0.4 is 11.1 Å². The number of nitrogens with zero attached hydrogens (tertiary/aromatic N) is 1. The van der Waals surface area contributed by atoms with Crippen molar-refractivity contribution in [2.75, 3.05) is 5.73 Å². The molecule has 6 heteroatoms. The number of benzene rings is 1. The Bertz CT molecular complexity index is 762. The van der Waals surface area contributed by atoms with Crippen molar-refractivity contribution in [1.82, 2.24) is 10.5 Å². The maximum atomic E-state index is 12.2. The monoisotopic (exact) mass is 287 g/mol. The van der Waals surface area contributed by atoms with Crippen molar-refractivity contribution in [3.63, 3.8) is 0 Å². The van der Waals surface area contributed by atoms with Gasteiger partial charge in [0, 0.05) is 16.2 Å². The first-order valence-corrected chi connectivity index (χ1v) is 6.94. The Morgan fingerprint density at radius 1 is 1.45 bits per heavy atom. The zero-order valence-electron chi connectivity index (χ0n) is 10.8. The fourth-order valence-electron chi connectivity index (χ4n) is 2.03. The predicted molar refractivity (Wildman–Crippen MR) is 78.6 cm³/mol. The van der Waals surface area contributed by atoms with Crippen LogP contribution in [0.4, 0.5) is 5.69 Å². The number of rotatable bonds is 3. The van der Waals surface area contributed by atoms with Gasteiger partial charge >= 0.3 is 0 Å². The number of hydrogen-bond acceptors (Lipinski definition) is 5. The number of amides is 1. The zero-order valence-corrected chi connectivity index (χ0v) is 11.7. The van der Waals surface area contributed by atoms with Crippen LogP contribution in [0.1, 0.15) is 21.0 Å². The van der Waals surface area contributed by atoms with E-state index in [1.54, 1.807) is 12.3 Å². The van der Waals surface area contributed by atoms with Crippen LogP contribution in [0.25, 0.3) is 10.1 Å². The summed E-state index contributed by atoms with van der Waals surface area (Å²) in [7, 11) is 0. The molecule has 0 aliphatic heterocycles. The number of nitrogens with one attached hydrogen (secondary N) is 1. The molecule has 102 valence electrons. The Morgan fingerprint density at radius 2 is 2.30 bits per heavy atom. The van der Waals surface area contributed by atoms with Gasteiger partial charge in [-0.3, -0.25) is 4.79 Å². The second-order valence-electron chi connectivity index (χ2n) is 4.46. The number of aromatic nitrogens is 1. The Balaban J connectivity index is 1.88. The topological polar surface area (TPSA) is 81.2 Å². The molecule has 0 saturated carbocycles. The van der Waals surface area contributed by atoms with Crippen LogP contribution in [-0.2, 0) is 6.54 Å². The maximum Gasteiger partial charge on any atom is 0.263 e. The third-order valence-corrected chi connectivity index (χ3v) is 4.43. The van der Waals surface area contributed by atoms with Crippen LogP contribution >= 0.6 is 11.3 Å². The molecular weight excluding hydrogens is 274 g/mol. The fourth-order valence-corrected chi connectivity index (χ4v) is 3.13. The Morgan fingerprint density at radius 3 is 3.00 bits per heavy atom. The Hall–Kier alpha value is -2.34. The number of nitrogen functional groups attached to an aromatic ring is 1. The van der Waals surface area contributed by atoms with Crippen LogP contribution in [-0.4, -0.2) is 11.1 Å². The average Bonchev–Trinajstić information content (AvgIpc) is 3.06. The van der Waals surface area contributed by atoms with E-state index in [2.05, 4.69) is 10.5 Å². The molecule has 3 rings (SSSR count). The Kier molecular flexibility index (Phi) is 3.15. The van der Waals surface area contributed by atoms with Crippen LogP contribution in [0.2, 0.25) is 0 Å². The van der Waals surface area contributed by atoms with E-state index < -0.39 is 0 Å². The molecular formula is C14H13N3O2S. The minimum absolute atomic E-state index is 0.195. The first-order valence-electron chi connectivity index (χ1n) is 6.12. The quantitative estimate of drug-likeness (QED) is 0.776. The molecule has 0 aliphatic rings. The standard InChI is InChI=1S/C14H13N3O2S/c1-8-3-2-4-10-11(15)13(20-12(8)10)14(18)16-7-9-5-6-17-19-9/h2-6H,7,15H2,1H3,(H,16,18). The van der Waals surface area contributed by atoms with Gasteiger partial charge in [-0.05, 0) is 12.5 Å². The van der Waals surface area contributed by atoms with E-state index in [0.29, 0.717) is 22.9 Å². The second-order valence-corrected chi connectivity index (χ2v) is 5.48. The lowest BCUT2D eigenvalue weighted by molar-refractivity contribution is 0.0952. The molecule has 0 bridgehead atoms. The fraction of sp³-hybridized carbons (Fsp3) is 0.143. The van der Waals surface area contributed by atoms with Crippen molar-refractivity contribution in [1.29, 1.82) is 0 Å². The van der Waals surface area contributed by atoms with Gasteiger partial charge in [0.05, 0.1) is 18.4 Å². The van der Waals surface area contributed by atoms with E-state index in [4.69, 9.17) is 10.3 Å². The van der Waals surface area contributed by atoms with Gasteiger partial charge in [-0.15, -0.1) is 11.3 Å². The summed E-state index contributed by atoms with van der Waals surface area (Å²) in [5.41, 5.74) is 7.72. The first kappa shape index (κ1) is 12.7. The van der Waals surface area contributed by atoms with E-state index in [0.717, 1.165) is 15.6 Å². The number of hydrogen-bond donors (Lipinski definition) is 2. The molecule has 3 aromatic rings. The molecule has 0 spiro atoms. The van der Waals surface area contributed by atoms with Gasteiger partial charge < -0.3 is 15.6 Å². The minimum atomic E-state index is -0.195. The smallest absolute Gasteiger partial charge is 0.263 e. The van der Waals surface area contributed by atoms with Gasteiger partial charge in [0.25, 0.3) is 5.91 Å². The lowest BCUT2D eigenvalue weighted by atomic mass is 10.1. The number of carbonyl (C=O) groups excluding carboxylic acids is 1. The largest absolute Gasteiger partial charge is 0.397 e. The number of fused-ring (bicyclic) bond motifs is 1. The summed E-state index contributed by atoms with van der Waals surface area (Å²) in [5, 5.41) is 7.30. The molecule has 2 aromatic heterocycles. The highest BCUT2D eigenvalue weighted by atomic mass is 32.1. The van der Waals surface area contributed by atoms with Gasteiger partial charge in [-0.1, -0.05) is 23.4 Å². The van der Waals surface area contributed by atoms with Crippen LogP contribution in [0.15, 0.2) is 35.0 Å². The summed E-state index contributed by atoms with van der Waals surface area (Å²) in [5.74, 6) is 0.411. The highest BCUT2D eigenvalue weighted by molar-refractivity contribution is 7.21. The molecule has 5 nitrogen and oxygen atoms in total. The third kappa shape index (κ3) is 2.14. The number of anilines is 1. The molecule has 0 saturated heterocycles. The van der Waals surface area contributed by atoms with Gasteiger partial charge in [0.2, 0.25) is 0 Å². The summed E-state index contributed by atoms with van der Waals surface area (Å²) >= 11 is 1.41. The van der Waals surface area contributed by atoms with Crippen molar-refractivity contribution in [3.8, 4) is 0 Å². The number of carbonyl (C=O) groups is 1. The molecule has 0 radical (unpaired) electrons. The lowest BCUT2D eigenvalue weighted by Gasteiger charge is -2.01. The molecule has 3 N–H and O–H groups in total. The predicted octanol–water partition coefficient (Wildman–Crippen LogP) is 2.71. The summed E-state index contributed by atoms with van der Waals surface area (Å²) < 4.78 is 5.99. The molecule has 2 heterocycles. The number of nitrogens with two attached hydrogens (primary N) is 1. The van der Waals surface area contributed by atoms with E-state index in [-0.39, 0.29) is 5.91 Å². The first-order chi connectivity index (χ1) is 9.66. The zero-order chi connectivity index (χ0) is 14.1. The van der Waals surface area contributed by atoms with Crippen LogP contribution in [0, 0.1) is 6.92 Å². The average molecular weight is 287 g/mol. The van der Waals surface area contributed by atoms with Crippen molar-refractivity contribution < 1.29 is 9.32 Å². The molecule has 0 fully saturated rings. The SMILES string of the molecule is Cc1cccc2c(N)c(C(=O)NCc3ccno3)sc12. The van der Waals surface area contributed by atoms with Crippen LogP contribution in [0.5, 0.6) is 0 Å². The molecule has 0 atom stereocenters. The van der Waals surface area contributed by atoms with Crippen molar-refractivity contribution in [2.24, 2.45) is 0 Å². The van der Waals surface area contributed by atoms with Crippen molar-refractivity contribution >= 4 is 33.0 Å². The highest BCUT2D eigenvalue weighted by Crippen LogP contribution is 2.35. The van der Waals surface area contributed by atoms with Crippen molar-refractivity contribution in [2.45, 2.75) is 13.5 Å². The minimum Gasteiger partial charge on any atom is -0.397 e. The highest BCUT2D eigenvalue weighted by Gasteiger charge is 2.17. The molecule has 20 heavy (non-hydrogen) atoms. The van der Waals surface area contributed by atoms with Gasteiger partial charge in [0.1, 0.15) is 4.88 Å². The molecule has 0 aliphatic carbocycles. The summed E-state index contributed by atoms with van der Waals surface area (Å²) in [4.78, 5) is 12.7. The van der Waals surface area contributed by atoms with Gasteiger partial charge in [-0.25, -0.2) is 0 Å². The second kappa shape index (κ2) is 4.97. The lowest BCUT2D eigenvalue weighted by Crippen LogP contribution is -2.22. The summed E-state index contributed by atoms with van der Waals surface area (Å²) in [6, 6.07) is 7.59. The normalized spacial score (nSPS) is 10.8. The molecule has 1 aromatic carbocycles. The van der Waals surface area contributed by atoms with Crippen molar-refractivity contribution in [3.05, 3.63) is 46.7 Å². The van der Waals surface area contributed by atoms with Gasteiger partial charge in [0.15, 0.2) is 5.76 Å². The third-order valence-electron chi connectivity index (χ3n) is 3.07. The maximum absolute atomic E-state index is 12.2. The number of thiophene rings is 1. The van der Waals surface area contributed by atoms with E-state index in [1.165, 1.54) is 11.3 Å². The number of aryl methyl sites for hydroxylation is 1. The Labute approximate surface area is 119 Å². The van der Waals surface area contributed by atoms with E-state index in [9.17, 15) is 4.79 Å². The molecule has 0 unspecified atom stereocenters. The summed E-state index contributed by atoms with van der Waals surface area (Å²) in [6.07, 6.45) is 1.54. The summed E-state index contributed by atoms with van der Waals surface area (Å²) in [6.45, 7) is 2.31. The molecule has 1 amide bonds. The van der Waals surface area contributed by atoms with Crippen LogP contribution in [0.3, 0.4) is 0 Å². The van der Waals surface area contributed by atoms with E-state index in [1.807, 2.05) is 25.1 Å².